The number of likely N-dealkylation sites (N-methyl/N-ethyl adjacent to an activating group) is 1. The van der Waals surface area contributed by atoms with Gasteiger partial charge in [0.2, 0.25) is 11.8 Å². The number of hydrogen-bond acceptors (Lipinski definition) is 8. The Labute approximate surface area is 301 Å². The number of carbonyl (C=O) groups is 4. The predicted octanol–water partition coefficient (Wildman–Crippen LogP) is 5.32. The Morgan fingerprint density at radius 3 is 2.31 bits per heavy atom. The van der Waals surface area contributed by atoms with E-state index in [-0.39, 0.29) is 43.8 Å². The lowest BCUT2D eigenvalue weighted by atomic mass is 9.91. The van der Waals surface area contributed by atoms with Crippen LogP contribution in [0.25, 0.3) is 6.08 Å². The number of ether oxygens (including phenoxy) is 3. The molecule has 0 spiro atoms. The fraction of sp³-hybridized carbons (Fsp3) is 0.500. The molecular formula is C40H53N3O8. The van der Waals surface area contributed by atoms with Gasteiger partial charge in [0.05, 0.1) is 12.2 Å². The lowest BCUT2D eigenvalue weighted by Gasteiger charge is -2.31. The second-order valence-corrected chi connectivity index (χ2v) is 13.4. The van der Waals surface area contributed by atoms with Crippen molar-refractivity contribution in [3.8, 4) is 0 Å². The molecular weight excluding hydrogens is 650 g/mol. The monoisotopic (exact) mass is 703 g/mol. The van der Waals surface area contributed by atoms with Gasteiger partial charge < -0.3 is 34.9 Å². The number of carbonyl (C=O) groups excluding carboxylic acids is 4. The van der Waals surface area contributed by atoms with Crippen molar-refractivity contribution in [2.45, 2.75) is 102 Å². The minimum atomic E-state index is -0.840. The Morgan fingerprint density at radius 1 is 0.922 bits per heavy atom. The lowest BCUT2D eigenvalue weighted by Crippen LogP contribution is -2.43. The number of amides is 3. The number of aliphatic hydroxyl groups is 1. The van der Waals surface area contributed by atoms with Crippen molar-refractivity contribution in [3.63, 3.8) is 0 Å². The van der Waals surface area contributed by atoms with Crippen molar-refractivity contribution in [2.24, 2.45) is 0 Å². The maximum Gasteiger partial charge on any atom is 0.338 e. The molecule has 0 unspecified atom stereocenters. The van der Waals surface area contributed by atoms with Crippen molar-refractivity contribution in [1.82, 2.24) is 15.5 Å². The van der Waals surface area contributed by atoms with Crippen LogP contribution in [0.1, 0.15) is 103 Å². The first-order chi connectivity index (χ1) is 24.6. The van der Waals surface area contributed by atoms with Crippen molar-refractivity contribution >= 4 is 29.8 Å². The van der Waals surface area contributed by atoms with Gasteiger partial charge in [0.25, 0.3) is 5.91 Å². The molecule has 1 aliphatic heterocycles. The number of hydrogen-bond donors (Lipinski definition) is 3. The van der Waals surface area contributed by atoms with Crippen LogP contribution in [0.2, 0.25) is 0 Å². The summed E-state index contributed by atoms with van der Waals surface area (Å²) in [4.78, 5) is 53.2. The molecule has 1 aliphatic carbocycles. The fourth-order valence-electron chi connectivity index (χ4n) is 6.28. The maximum atomic E-state index is 13.7. The van der Waals surface area contributed by atoms with Crippen molar-refractivity contribution < 1.29 is 38.5 Å². The van der Waals surface area contributed by atoms with Crippen LogP contribution >= 0.6 is 0 Å². The van der Waals surface area contributed by atoms with Crippen LogP contribution in [0.4, 0.5) is 0 Å². The third kappa shape index (κ3) is 11.3. The van der Waals surface area contributed by atoms with E-state index < -0.39 is 30.1 Å². The number of nitrogens with one attached hydrogen (secondary N) is 2. The zero-order valence-corrected chi connectivity index (χ0v) is 30.3. The summed E-state index contributed by atoms with van der Waals surface area (Å²) in [5.41, 5.74) is 2.55. The molecule has 3 amide bonds. The Kier molecular flexibility index (Phi) is 15.0. The summed E-state index contributed by atoms with van der Waals surface area (Å²) in [5, 5.41) is 14.6. The van der Waals surface area contributed by atoms with Gasteiger partial charge in [-0.25, -0.2) is 4.79 Å². The molecule has 4 rings (SSSR count). The summed E-state index contributed by atoms with van der Waals surface area (Å²) in [6.07, 6.45) is 10.5. The molecule has 276 valence electrons. The highest BCUT2D eigenvalue weighted by Gasteiger charge is 2.52. The summed E-state index contributed by atoms with van der Waals surface area (Å²) in [6.45, 7) is 4.45. The van der Waals surface area contributed by atoms with Gasteiger partial charge in [0.15, 0.2) is 5.79 Å². The molecule has 2 aliphatic rings. The van der Waals surface area contributed by atoms with Crippen LogP contribution in [-0.4, -0.2) is 85.0 Å². The summed E-state index contributed by atoms with van der Waals surface area (Å²) in [6, 6.07) is 13.7. The highest BCUT2D eigenvalue weighted by atomic mass is 16.8. The molecule has 1 saturated heterocycles. The van der Waals surface area contributed by atoms with Gasteiger partial charge in [-0.15, -0.1) is 0 Å². The molecule has 3 N–H and O–H groups in total. The first-order valence-electron chi connectivity index (χ1n) is 18.1. The normalized spacial score (nSPS) is 19.2. The van der Waals surface area contributed by atoms with E-state index in [1.165, 1.54) is 11.0 Å². The Balaban J connectivity index is 1.55. The predicted molar refractivity (Wildman–Crippen MR) is 195 cm³/mol. The molecule has 11 nitrogen and oxygen atoms in total. The lowest BCUT2D eigenvalue weighted by molar-refractivity contribution is -0.190. The SMILES string of the molecule is CCCCCC1(CCCCC)O[C@@H]2[C@@H](C=C(C(=O)NCc3cccc(C(=O)NCCO)c3)C[C@H]2OC(=O)c2cccc(C=CC(=O)N(C)C)c2)O1. The summed E-state index contributed by atoms with van der Waals surface area (Å²) in [7, 11) is 3.33. The van der Waals surface area contributed by atoms with E-state index in [0.717, 1.165) is 44.1 Å². The second kappa shape index (κ2) is 19.3. The van der Waals surface area contributed by atoms with Crippen LogP contribution in [-0.2, 0) is 30.3 Å². The molecule has 0 radical (unpaired) electrons. The number of rotatable bonds is 18. The average molecular weight is 704 g/mol. The number of fused-ring (bicyclic) bond motifs is 1. The molecule has 11 heteroatoms. The summed E-state index contributed by atoms with van der Waals surface area (Å²) < 4.78 is 19.6. The molecule has 3 atom stereocenters. The van der Waals surface area contributed by atoms with Crippen LogP contribution in [0, 0.1) is 0 Å². The van der Waals surface area contributed by atoms with Crippen molar-refractivity contribution in [2.75, 3.05) is 27.2 Å². The van der Waals surface area contributed by atoms with Crippen LogP contribution in [0.5, 0.6) is 0 Å². The van der Waals surface area contributed by atoms with Crippen LogP contribution in [0.3, 0.4) is 0 Å². The van der Waals surface area contributed by atoms with Gasteiger partial charge in [-0.05, 0) is 60.4 Å². The number of esters is 1. The number of benzene rings is 2. The van der Waals surface area contributed by atoms with Crippen LogP contribution < -0.4 is 10.6 Å². The van der Waals surface area contributed by atoms with Gasteiger partial charge in [0.1, 0.15) is 18.3 Å². The smallest absolute Gasteiger partial charge is 0.338 e. The minimum absolute atomic E-state index is 0.128. The summed E-state index contributed by atoms with van der Waals surface area (Å²) >= 11 is 0. The van der Waals surface area contributed by atoms with Crippen molar-refractivity contribution in [1.29, 1.82) is 0 Å². The Hall–Kier alpha value is -4.32. The van der Waals surface area contributed by atoms with E-state index in [1.54, 1.807) is 68.7 Å². The second-order valence-electron chi connectivity index (χ2n) is 13.4. The van der Waals surface area contributed by atoms with Gasteiger partial charge in [0, 0.05) is 63.7 Å². The minimum Gasteiger partial charge on any atom is -0.456 e. The first-order valence-corrected chi connectivity index (χ1v) is 18.1. The summed E-state index contributed by atoms with van der Waals surface area (Å²) in [5.74, 6) is -2.23. The average Bonchev–Trinajstić information content (AvgIpc) is 3.50. The molecule has 0 bridgehead atoms. The highest BCUT2D eigenvalue weighted by molar-refractivity contribution is 5.96. The topological polar surface area (TPSA) is 144 Å². The number of unbranched alkanes of at least 4 members (excludes halogenated alkanes) is 4. The van der Waals surface area contributed by atoms with E-state index in [9.17, 15) is 19.2 Å². The van der Waals surface area contributed by atoms with E-state index in [1.807, 2.05) is 6.07 Å². The zero-order chi connectivity index (χ0) is 36.8. The Morgan fingerprint density at radius 2 is 1.63 bits per heavy atom. The number of nitrogens with zero attached hydrogens (tertiary/aromatic N) is 1. The fourth-order valence-corrected chi connectivity index (χ4v) is 6.28. The molecule has 2 aromatic rings. The third-order valence-corrected chi connectivity index (χ3v) is 9.07. The zero-order valence-electron chi connectivity index (χ0n) is 30.3. The number of aliphatic hydroxyl groups excluding tert-OH is 1. The molecule has 0 saturated carbocycles. The highest BCUT2D eigenvalue weighted by Crippen LogP contribution is 2.43. The van der Waals surface area contributed by atoms with E-state index in [2.05, 4.69) is 24.5 Å². The molecule has 1 fully saturated rings. The standard InChI is InChI=1S/C40H53N3O8/c1-5-7-9-19-40(20-10-8-6-2)50-34-26-32(38(47)42-27-29-14-12-15-30(24-29)37(46)41-21-22-44)25-33(36(34)51-40)49-39(48)31-16-11-13-28(23-31)17-18-35(45)43(3)4/h11-18,23-24,26,33-34,36,44H,5-10,19-22,25,27H2,1-4H3,(H,41,46)(H,42,47)/t33-,34-,36+/m1/s1. The molecule has 2 aromatic carbocycles. The van der Waals surface area contributed by atoms with E-state index >= 15 is 0 Å². The van der Waals surface area contributed by atoms with E-state index in [4.69, 9.17) is 19.3 Å². The third-order valence-electron chi connectivity index (χ3n) is 9.07. The molecule has 51 heavy (non-hydrogen) atoms. The van der Waals surface area contributed by atoms with E-state index in [0.29, 0.717) is 35.1 Å². The molecule has 1 heterocycles. The van der Waals surface area contributed by atoms with Crippen LogP contribution in [0.15, 0.2) is 66.3 Å². The van der Waals surface area contributed by atoms with Gasteiger partial charge in [-0.1, -0.05) is 63.8 Å². The van der Waals surface area contributed by atoms with Gasteiger partial charge in [-0.3, -0.25) is 14.4 Å². The Bertz CT molecular complexity index is 1560. The van der Waals surface area contributed by atoms with Gasteiger partial charge >= 0.3 is 5.97 Å². The largest absolute Gasteiger partial charge is 0.456 e. The quantitative estimate of drug-likeness (QED) is 0.108. The van der Waals surface area contributed by atoms with Gasteiger partial charge in [-0.2, -0.15) is 0 Å². The van der Waals surface area contributed by atoms with Crippen molar-refractivity contribution in [3.05, 3.63) is 88.5 Å². The first kappa shape index (κ1) is 39.5. The molecule has 0 aromatic heterocycles. The maximum absolute atomic E-state index is 13.7.